The lowest BCUT2D eigenvalue weighted by Crippen LogP contribution is -2.11. The number of hydrogen-bond acceptors (Lipinski definition) is 4. The van der Waals surface area contributed by atoms with Crippen LogP contribution in [0.25, 0.3) is 0 Å². The maximum atomic E-state index is 9.44. The molecule has 4 N–H and O–H groups in total. The maximum absolute atomic E-state index is 9.44. The van der Waals surface area contributed by atoms with Gasteiger partial charge in [0.2, 0.25) is 0 Å². The Balaban J connectivity index is 3.27. The van der Waals surface area contributed by atoms with E-state index in [9.17, 15) is 10.2 Å². The second kappa shape index (κ2) is 10.4. The number of aliphatic hydroxyl groups is 4. The van der Waals surface area contributed by atoms with Crippen molar-refractivity contribution >= 4 is 0 Å². The molecular weight excluding hydrogens is 196 g/mol. The zero-order valence-corrected chi connectivity index (χ0v) is 9.31. The van der Waals surface area contributed by atoms with E-state index in [-0.39, 0.29) is 25.4 Å². The molecule has 0 spiro atoms. The third-order valence-corrected chi connectivity index (χ3v) is 2.47. The summed E-state index contributed by atoms with van der Waals surface area (Å²) < 4.78 is 0. The summed E-state index contributed by atoms with van der Waals surface area (Å²) in [5.41, 5.74) is 0. The van der Waals surface area contributed by atoms with Crippen LogP contribution < -0.4 is 0 Å². The van der Waals surface area contributed by atoms with Gasteiger partial charge in [0.25, 0.3) is 0 Å². The molecule has 0 heterocycles. The van der Waals surface area contributed by atoms with Gasteiger partial charge in [0.1, 0.15) is 0 Å². The minimum absolute atomic E-state index is 0.121. The zero-order chi connectivity index (χ0) is 11.5. The van der Waals surface area contributed by atoms with E-state index in [1.54, 1.807) is 0 Å². The number of rotatable bonds is 10. The lowest BCUT2D eigenvalue weighted by atomic mass is 10.0. The first kappa shape index (κ1) is 14.8. The first-order valence-electron chi connectivity index (χ1n) is 5.78. The lowest BCUT2D eigenvalue weighted by Gasteiger charge is -2.12. The largest absolute Gasteiger partial charge is 0.396 e. The molecule has 0 bridgehead atoms. The molecule has 4 nitrogen and oxygen atoms in total. The molecule has 0 saturated heterocycles. The molecule has 0 aliphatic rings. The molecule has 0 aromatic carbocycles. The Bertz CT molecular complexity index is 116. The van der Waals surface area contributed by atoms with Crippen LogP contribution in [-0.4, -0.2) is 45.8 Å². The van der Waals surface area contributed by atoms with E-state index < -0.39 is 0 Å². The van der Waals surface area contributed by atoms with Crippen LogP contribution in [0.2, 0.25) is 0 Å². The van der Waals surface area contributed by atoms with E-state index in [4.69, 9.17) is 10.2 Å². The van der Waals surface area contributed by atoms with Gasteiger partial charge in [0.15, 0.2) is 0 Å². The van der Waals surface area contributed by atoms with Crippen LogP contribution in [0, 0.1) is 0 Å². The highest BCUT2D eigenvalue weighted by Gasteiger charge is 2.07. The van der Waals surface area contributed by atoms with E-state index in [0.29, 0.717) is 38.5 Å². The molecule has 0 fully saturated rings. The van der Waals surface area contributed by atoms with Crippen molar-refractivity contribution in [3.8, 4) is 0 Å². The average molecular weight is 220 g/mol. The first-order valence-corrected chi connectivity index (χ1v) is 5.78. The van der Waals surface area contributed by atoms with Crippen LogP contribution in [0.1, 0.15) is 44.9 Å². The predicted molar refractivity (Wildman–Crippen MR) is 58.5 cm³/mol. The van der Waals surface area contributed by atoms with E-state index in [0.717, 1.165) is 6.42 Å². The van der Waals surface area contributed by atoms with Gasteiger partial charge in [0, 0.05) is 13.2 Å². The summed E-state index contributed by atoms with van der Waals surface area (Å²) in [5.74, 6) is 0. The van der Waals surface area contributed by atoms with Crippen LogP contribution in [0.4, 0.5) is 0 Å². The zero-order valence-electron chi connectivity index (χ0n) is 9.31. The van der Waals surface area contributed by atoms with Crippen molar-refractivity contribution in [2.24, 2.45) is 0 Å². The van der Waals surface area contributed by atoms with Crippen LogP contribution >= 0.6 is 0 Å². The molecule has 0 saturated carbocycles. The smallest absolute Gasteiger partial charge is 0.0541 e. The molecule has 0 aliphatic carbocycles. The molecule has 0 aromatic rings. The second-order valence-corrected chi connectivity index (χ2v) is 3.97. The Hall–Kier alpha value is -0.160. The van der Waals surface area contributed by atoms with Gasteiger partial charge in [-0.2, -0.15) is 0 Å². The first-order chi connectivity index (χ1) is 7.20. The minimum Gasteiger partial charge on any atom is -0.396 e. The SMILES string of the molecule is OCCCC(O)CCCC(O)CCCO. The van der Waals surface area contributed by atoms with Gasteiger partial charge in [-0.05, 0) is 44.9 Å². The molecule has 0 rings (SSSR count). The van der Waals surface area contributed by atoms with Gasteiger partial charge in [-0.15, -0.1) is 0 Å². The van der Waals surface area contributed by atoms with Crippen molar-refractivity contribution in [2.45, 2.75) is 57.2 Å². The Morgan fingerprint density at radius 1 is 0.600 bits per heavy atom. The van der Waals surface area contributed by atoms with Crippen molar-refractivity contribution in [1.82, 2.24) is 0 Å². The van der Waals surface area contributed by atoms with Crippen molar-refractivity contribution < 1.29 is 20.4 Å². The summed E-state index contributed by atoms with van der Waals surface area (Å²) in [6.45, 7) is 0.242. The van der Waals surface area contributed by atoms with Gasteiger partial charge in [-0.1, -0.05) is 0 Å². The van der Waals surface area contributed by atoms with Crippen LogP contribution in [-0.2, 0) is 0 Å². The van der Waals surface area contributed by atoms with E-state index in [2.05, 4.69) is 0 Å². The Labute approximate surface area is 91.6 Å². The Morgan fingerprint density at radius 2 is 0.933 bits per heavy atom. The van der Waals surface area contributed by atoms with E-state index >= 15 is 0 Å². The van der Waals surface area contributed by atoms with Crippen LogP contribution in [0.5, 0.6) is 0 Å². The molecule has 92 valence electrons. The predicted octanol–water partition coefficient (Wildman–Crippen LogP) is 0.423. The fourth-order valence-electron chi connectivity index (χ4n) is 1.53. The summed E-state index contributed by atoms with van der Waals surface area (Å²) in [5, 5.41) is 36.0. The fraction of sp³-hybridized carbons (Fsp3) is 1.00. The van der Waals surface area contributed by atoms with Crippen molar-refractivity contribution in [1.29, 1.82) is 0 Å². The van der Waals surface area contributed by atoms with Crippen molar-refractivity contribution in [2.75, 3.05) is 13.2 Å². The van der Waals surface area contributed by atoms with Gasteiger partial charge in [-0.25, -0.2) is 0 Å². The van der Waals surface area contributed by atoms with Gasteiger partial charge < -0.3 is 20.4 Å². The van der Waals surface area contributed by atoms with Gasteiger partial charge in [-0.3, -0.25) is 0 Å². The summed E-state index contributed by atoms with van der Waals surface area (Å²) >= 11 is 0. The molecule has 0 amide bonds. The lowest BCUT2D eigenvalue weighted by molar-refractivity contribution is 0.113. The third kappa shape index (κ3) is 10.1. The van der Waals surface area contributed by atoms with E-state index in [1.807, 2.05) is 0 Å². The molecule has 0 radical (unpaired) electrons. The highest BCUT2D eigenvalue weighted by atomic mass is 16.3. The molecule has 0 aliphatic heterocycles. The summed E-state index contributed by atoms with van der Waals surface area (Å²) in [4.78, 5) is 0. The molecular formula is C11H24O4. The molecule has 2 unspecified atom stereocenters. The number of aliphatic hydroxyl groups excluding tert-OH is 4. The Kier molecular flexibility index (Phi) is 10.3. The minimum atomic E-state index is -0.359. The highest BCUT2D eigenvalue weighted by molar-refractivity contribution is 4.60. The number of hydrogen-bond donors (Lipinski definition) is 4. The molecule has 0 aromatic heterocycles. The molecule has 15 heavy (non-hydrogen) atoms. The normalized spacial score (nSPS) is 15.2. The summed E-state index contributed by atoms with van der Waals surface area (Å²) in [6, 6.07) is 0. The Morgan fingerprint density at radius 3 is 1.27 bits per heavy atom. The van der Waals surface area contributed by atoms with Crippen molar-refractivity contribution in [3.63, 3.8) is 0 Å². The van der Waals surface area contributed by atoms with Crippen LogP contribution in [0.3, 0.4) is 0 Å². The highest BCUT2D eigenvalue weighted by Crippen LogP contribution is 2.10. The van der Waals surface area contributed by atoms with Crippen LogP contribution in [0.15, 0.2) is 0 Å². The average Bonchev–Trinajstić information content (AvgIpc) is 2.23. The molecule has 4 heteroatoms. The maximum Gasteiger partial charge on any atom is 0.0541 e. The quantitative estimate of drug-likeness (QED) is 0.430. The molecule has 2 atom stereocenters. The van der Waals surface area contributed by atoms with Gasteiger partial charge in [0.05, 0.1) is 12.2 Å². The third-order valence-electron chi connectivity index (χ3n) is 2.47. The standard InChI is InChI=1S/C11H24O4/c12-8-2-6-10(14)4-1-5-11(15)7-3-9-13/h10-15H,1-9H2. The summed E-state index contributed by atoms with van der Waals surface area (Å²) in [6.07, 6.45) is 3.95. The monoisotopic (exact) mass is 220 g/mol. The van der Waals surface area contributed by atoms with Gasteiger partial charge >= 0.3 is 0 Å². The van der Waals surface area contributed by atoms with E-state index in [1.165, 1.54) is 0 Å². The summed E-state index contributed by atoms with van der Waals surface area (Å²) in [7, 11) is 0. The fourth-order valence-corrected chi connectivity index (χ4v) is 1.53. The second-order valence-electron chi connectivity index (χ2n) is 3.97. The topological polar surface area (TPSA) is 80.9 Å². The van der Waals surface area contributed by atoms with Crippen molar-refractivity contribution in [3.05, 3.63) is 0 Å².